The van der Waals surface area contributed by atoms with Gasteiger partial charge in [0.2, 0.25) is 0 Å². The standard InChI is InChI=1S/C15H23N3O3/c1-2-5-18-13-4-3-11(17-6-8-21-9-7-17)10-12(13)14(16-18)15(19)20/h11H,2-10H2,1H3,(H,19,20)/t11-/m1/s1. The lowest BCUT2D eigenvalue weighted by atomic mass is 9.90. The first kappa shape index (κ1) is 14.5. The van der Waals surface area contributed by atoms with E-state index in [1.165, 1.54) is 0 Å². The van der Waals surface area contributed by atoms with Crippen molar-refractivity contribution in [3.05, 3.63) is 17.0 Å². The first-order valence-corrected chi connectivity index (χ1v) is 7.84. The van der Waals surface area contributed by atoms with Crippen molar-refractivity contribution >= 4 is 5.97 Å². The second kappa shape index (κ2) is 6.15. The molecule has 6 nitrogen and oxygen atoms in total. The molecule has 0 radical (unpaired) electrons. The first-order chi connectivity index (χ1) is 10.2. The zero-order chi connectivity index (χ0) is 14.8. The molecule has 0 saturated carbocycles. The molecule has 116 valence electrons. The third-order valence-electron chi connectivity index (χ3n) is 4.52. The van der Waals surface area contributed by atoms with E-state index in [-0.39, 0.29) is 5.69 Å². The zero-order valence-electron chi connectivity index (χ0n) is 12.5. The molecule has 1 atom stereocenters. The van der Waals surface area contributed by atoms with Crippen LogP contribution in [-0.4, -0.2) is 58.1 Å². The summed E-state index contributed by atoms with van der Waals surface area (Å²) >= 11 is 0. The molecular weight excluding hydrogens is 270 g/mol. The number of aryl methyl sites for hydroxylation is 1. The van der Waals surface area contributed by atoms with Gasteiger partial charge in [-0.2, -0.15) is 5.10 Å². The molecular formula is C15H23N3O3. The van der Waals surface area contributed by atoms with Crippen LogP contribution in [0.15, 0.2) is 0 Å². The second-order valence-corrected chi connectivity index (χ2v) is 5.85. The molecule has 2 aliphatic rings. The lowest BCUT2D eigenvalue weighted by molar-refractivity contribution is 0.0135. The van der Waals surface area contributed by atoms with Crippen molar-refractivity contribution in [2.45, 2.75) is 45.2 Å². The fourth-order valence-corrected chi connectivity index (χ4v) is 3.49. The molecule has 1 aromatic rings. The molecule has 6 heteroatoms. The SMILES string of the molecule is CCCn1nc(C(=O)O)c2c1CC[C@@H](N1CCOCC1)C2. The van der Waals surface area contributed by atoms with Crippen molar-refractivity contribution in [1.82, 2.24) is 14.7 Å². The monoisotopic (exact) mass is 293 g/mol. The van der Waals surface area contributed by atoms with Gasteiger partial charge in [-0.05, 0) is 25.7 Å². The molecule has 1 saturated heterocycles. The number of ether oxygens (including phenoxy) is 1. The van der Waals surface area contributed by atoms with Gasteiger partial charge >= 0.3 is 5.97 Å². The average Bonchev–Trinajstić information content (AvgIpc) is 2.87. The number of carboxylic acid groups (broad SMARTS) is 1. The number of hydrogen-bond donors (Lipinski definition) is 1. The van der Waals surface area contributed by atoms with E-state index in [1.807, 2.05) is 4.68 Å². The highest BCUT2D eigenvalue weighted by Crippen LogP contribution is 2.28. The van der Waals surface area contributed by atoms with Gasteiger partial charge in [0.05, 0.1) is 13.2 Å². The number of hydrogen-bond acceptors (Lipinski definition) is 4. The topological polar surface area (TPSA) is 67.6 Å². The van der Waals surface area contributed by atoms with Gasteiger partial charge in [-0.15, -0.1) is 0 Å². The fraction of sp³-hybridized carbons (Fsp3) is 0.733. The molecule has 1 fully saturated rings. The van der Waals surface area contributed by atoms with Crippen LogP contribution in [0, 0.1) is 0 Å². The maximum atomic E-state index is 11.5. The minimum atomic E-state index is -0.899. The Morgan fingerprint density at radius 3 is 2.86 bits per heavy atom. The summed E-state index contributed by atoms with van der Waals surface area (Å²) in [5.41, 5.74) is 2.36. The van der Waals surface area contributed by atoms with Crippen LogP contribution in [0.25, 0.3) is 0 Å². The van der Waals surface area contributed by atoms with E-state index in [9.17, 15) is 9.90 Å². The molecule has 0 spiro atoms. The Kier molecular flexibility index (Phi) is 4.26. The molecule has 0 amide bonds. The second-order valence-electron chi connectivity index (χ2n) is 5.85. The van der Waals surface area contributed by atoms with Crippen LogP contribution in [-0.2, 0) is 24.1 Å². The Labute approximate surface area is 124 Å². The maximum Gasteiger partial charge on any atom is 0.356 e. The molecule has 21 heavy (non-hydrogen) atoms. The third kappa shape index (κ3) is 2.82. The molecule has 3 rings (SSSR count). The van der Waals surface area contributed by atoms with Crippen molar-refractivity contribution in [3.63, 3.8) is 0 Å². The number of nitrogens with zero attached hydrogens (tertiary/aromatic N) is 3. The lowest BCUT2D eigenvalue weighted by Crippen LogP contribution is -2.46. The van der Waals surface area contributed by atoms with E-state index in [2.05, 4.69) is 16.9 Å². The summed E-state index contributed by atoms with van der Waals surface area (Å²) < 4.78 is 7.32. The highest BCUT2D eigenvalue weighted by Gasteiger charge is 2.32. The number of morpholine rings is 1. The van der Waals surface area contributed by atoms with Gasteiger partial charge in [-0.25, -0.2) is 4.79 Å². The number of carbonyl (C=O) groups is 1. The van der Waals surface area contributed by atoms with E-state index in [1.54, 1.807) is 0 Å². The number of aromatic nitrogens is 2. The summed E-state index contributed by atoms with van der Waals surface area (Å²) in [5, 5.41) is 13.7. The van der Waals surface area contributed by atoms with E-state index in [4.69, 9.17) is 4.74 Å². The number of fused-ring (bicyclic) bond motifs is 1. The first-order valence-electron chi connectivity index (χ1n) is 7.84. The van der Waals surface area contributed by atoms with Gasteiger partial charge in [0.1, 0.15) is 0 Å². The molecule has 2 heterocycles. The average molecular weight is 293 g/mol. The van der Waals surface area contributed by atoms with Crippen LogP contribution >= 0.6 is 0 Å². The van der Waals surface area contributed by atoms with Gasteiger partial charge in [0, 0.05) is 36.9 Å². The lowest BCUT2D eigenvalue weighted by Gasteiger charge is -2.36. The highest BCUT2D eigenvalue weighted by molar-refractivity contribution is 5.87. The maximum absolute atomic E-state index is 11.5. The summed E-state index contributed by atoms with van der Waals surface area (Å²) in [4.78, 5) is 13.9. The van der Waals surface area contributed by atoms with Crippen molar-refractivity contribution in [2.24, 2.45) is 0 Å². The predicted molar refractivity (Wildman–Crippen MR) is 77.7 cm³/mol. The number of aromatic carboxylic acids is 1. The Morgan fingerprint density at radius 2 is 2.19 bits per heavy atom. The summed E-state index contributed by atoms with van der Waals surface area (Å²) in [7, 11) is 0. The van der Waals surface area contributed by atoms with Crippen LogP contribution in [0.1, 0.15) is 41.5 Å². The van der Waals surface area contributed by atoms with E-state index < -0.39 is 5.97 Å². The Morgan fingerprint density at radius 1 is 1.43 bits per heavy atom. The van der Waals surface area contributed by atoms with Gasteiger partial charge < -0.3 is 9.84 Å². The van der Waals surface area contributed by atoms with Crippen LogP contribution in [0.3, 0.4) is 0 Å². The third-order valence-corrected chi connectivity index (χ3v) is 4.52. The van der Waals surface area contributed by atoms with Gasteiger partial charge in [0.15, 0.2) is 5.69 Å². The summed E-state index contributed by atoms with van der Waals surface area (Å²) in [6, 6.07) is 0.429. The minimum Gasteiger partial charge on any atom is -0.476 e. The zero-order valence-corrected chi connectivity index (χ0v) is 12.5. The predicted octanol–water partition coefficient (Wildman–Crippen LogP) is 1.18. The smallest absolute Gasteiger partial charge is 0.356 e. The largest absolute Gasteiger partial charge is 0.476 e. The number of rotatable bonds is 4. The summed E-state index contributed by atoms with van der Waals surface area (Å²) in [6.45, 7) is 6.36. The van der Waals surface area contributed by atoms with E-state index in [0.29, 0.717) is 6.04 Å². The minimum absolute atomic E-state index is 0.261. The van der Waals surface area contributed by atoms with E-state index in [0.717, 1.165) is 69.8 Å². The molecule has 0 aromatic carbocycles. The quantitative estimate of drug-likeness (QED) is 0.903. The van der Waals surface area contributed by atoms with Crippen molar-refractivity contribution < 1.29 is 14.6 Å². The summed E-state index contributed by atoms with van der Waals surface area (Å²) in [5.74, 6) is -0.899. The molecule has 1 N–H and O–H groups in total. The molecule has 0 bridgehead atoms. The van der Waals surface area contributed by atoms with E-state index >= 15 is 0 Å². The Balaban J connectivity index is 1.84. The van der Waals surface area contributed by atoms with Crippen LogP contribution in [0.4, 0.5) is 0 Å². The van der Waals surface area contributed by atoms with Crippen LogP contribution in [0.2, 0.25) is 0 Å². The fourth-order valence-electron chi connectivity index (χ4n) is 3.49. The number of carboxylic acids is 1. The molecule has 0 unspecified atom stereocenters. The van der Waals surface area contributed by atoms with Crippen LogP contribution < -0.4 is 0 Å². The molecule has 1 aromatic heterocycles. The van der Waals surface area contributed by atoms with Gasteiger partial charge in [-0.1, -0.05) is 6.92 Å². The molecule has 1 aliphatic heterocycles. The molecule has 1 aliphatic carbocycles. The summed E-state index contributed by atoms with van der Waals surface area (Å²) in [6.07, 6.45) is 3.79. The van der Waals surface area contributed by atoms with Crippen molar-refractivity contribution in [1.29, 1.82) is 0 Å². The Hall–Kier alpha value is -1.40. The van der Waals surface area contributed by atoms with Crippen molar-refractivity contribution in [3.8, 4) is 0 Å². The highest BCUT2D eigenvalue weighted by atomic mass is 16.5. The normalized spacial score (nSPS) is 23.0. The van der Waals surface area contributed by atoms with Crippen LogP contribution in [0.5, 0.6) is 0 Å². The van der Waals surface area contributed by atoms with Gasteiger partial charge in [0.25, 0.3) is 0 Å². The van der Waals surface area contributed by atoms with Crippen molar-refractivity contribution in [2.75, 3.05) is 26.3 Å². The Bertz CT molecular complexity index is 520. The van der Waals surface area contributed by atoms with Gasteiger partial charge in [-0.3, -0.25) is 9.58 Å².